The largest absolute Gasteiger partial charge is 0.497 e. The molecule has 1 aliphatic rings. The summed E-state index contributed by atoms with van der Waals surface area (Å²) in [5.41, 5.74) is 1.30. The molecule has 19 heavy (non-hydrogen) atoms. The van der Waals surface area contributed by atoms with Crippen molar-refractivity contribution in [2.45, 2.75) is 19.5 Å². The lowest BCUT2D eigenvalue weighted by Gasteiger charge is -2.22. The van der Waals surface area contributed by atoms with E-state index in [9.17, 15) is 0 Å². The van der Waals surface area contributed by atoms with Gasteiger partial charge >= 0.3 is 0 Å². The minimum atomic E-state index is 0.657. The van der Waals surface area contributed by atoms with Crippen LogP contribution in [0.1, 0.15) is 12.5 Å². The first kappa shape index (κ1) is 14.8. The standard InChI is InChI=1S/C15H23BrN2O/c1-11-8-18(10-15(11)17(2)3)9-12-7-13(19-4)5-6-14(12)16/h5-7,11,15H,8-10H2,1-4H3. The summed E-state index contributed by atoms with van der Waals surface area (Å²) in [6.07, 6.45) is 0. The highest BCUT2D eigenvalue weighted by molar-refractivity contribution is 9.10. The lowest BCUT2D eigenvalue weighted by atomic mass is 10.1. The second kappa shape index (κ2) is 6.25. The topological polar surface area (TPSA) is 15.7 Å². The number of ether oxygens (including phenoxy) is 1. The second-order valence-electron chi connectivity index (χ2n) is 5.66. The molecule has 0 aromatic heterocycles. The molecule has 2 unspecified atom stereocenters. The van der Waals surface area contributed by atoms with Gasteiger partial charge < -0.3 is 9.64 Å². The van der Waals surface area contributed by atoms with Gasteiger partial charge in [0.05, 0.1) is 7.11 Å². The average Bonchev–Trinajstić information content (AvgIpc) is 2.73. The molecule has 2 rings (SSSR count). The van der Waals surface area contributed by atoms with Crippen molar-refractivity contribution in [3.63, 3.8) is 0 Å². The van der Waals surface area contributed by atoms with Crippen LogP contribution in [-0.2, 0) is 6.54 Å². The Morgan fingerprint density at radius 1 is 1.37 bits per heavy atom. The van der Waals surface area contributed by atoms with Gasteiger partial charge in [0.1, 0.15) is 5.75 Å². The smallest absolute Gasteiger partial charge is 0.119 e. The molecule has 1 fully saturated rings. The highest BCUT2D eigenvalue weighted by Crippen LogP contribution is 2.27. The maximum Gasteiger partial charge on any atom is 0.119 e. The van der Waals surface area contributed by atoms with E-state index in [0.717, 1.165) is 35.8 Å². The summed E-state index contributed by atoms with van der Waals surface area (Å²) < 4.78 is 6.47. The van der Waals surface area contributed by atoms with Crippen LogP contribution in [0.15, 0.2) is 22.7 Å². The van der Waals surface area contributed by atoms with Crippen LogP contribution in [0.5, 0.6) is 5.75 Å². The third-order valence-corrected chi connectivity index (χ3v) is 4.73. The fraction of sp³-hybridized carbons (Fsp3) is 0.600. The zero-order valence-corrected chi connectivity index (χ0v) is 13.8. The van der Waals surface area contributed by atoms with Crippen molar-refractivity contribution < 1.29 is 4.74 Å². The number of likely N-dealkylation sites (N-methyl/N-ethyl adjacent to an activating group) is 1. The van der Waals surface area contributed by atoms with Crippen LogP contribution in [0, 0.1) is 5.92 Å². The second-order valence-corrected chi connectivity index (χ2v) is 6.51. The van der Waals surface area contributed by atoms with E-state index in [2.05, 4.69) is 58.9 Å². The first-order valence-electron chi connectivity index (χ1n) is 6.72. The average molecular weight is 327 g/mol. The third-order valence-electron chi connectivity index (χ3n) is 3.96. The number of rotatable bonds is 4. The molecule has 1 aromatic carbocycles. The van der Waals surface area contributed by atoms with Gasteiger partial charge in [-0.25, -0.2) is 0 Å². The summed E-state index contributed by atoms with van der Waals surface area (Å²) in [6.45, 7) is 5.61. The van der Waals surface area contributed by atoms with Gasteiger partial charge in [0.2, 0.25) is 0 Å². The fourth-order valence-electron chi connectivity index (χ4n) is 2.89. The number of methoxy groups -OCH3 is 1. The van der Waals surface area contributed by atoms with Crippen LogP contribution in [0.25, 0.3) is 0 Å². The summed E-state index contributed by atoms with van der Waals surface area (Å²) in [5.74, 6) is 1.65. The highest BCUT2D eigenvalue weighted by atomic mass is 79.9. The predicted octanol–water partition coefficient (Wildman–Crippen LogP) is 2.84. The monoisotopic (exact) mass is 326 g/mol. The van der Waals surface area contributed by atoms with Crippen LogP contribution in [0.2, 0.25) is 0 Å². The molecular formula is C15H23BrN2O. The van der Waals surface area contributed by atoms with Crippen molar-refractivity contribution in [1.82, 2.24) is 9.80 Å². The van der Waals surface area contributed by atoms with Crippen molar-refractivity contribution in [2.24, 2.45) is 5.92 Å². The van der Waals surface area contributed by atoms with Crippen molar-refractivity contribution in [2.75, 3.05) is 34.3 Å². The predicted molar refractivity (Wildman–Crippen MR) is 82.6 cm³/mol. The van der Waals surface area contributed by atoms with Gasteiger partial charge in [-0.1, -0.05) is 22.9 Å². The van der Waals surface area contributed by atoms with Crippen LogP contribution < -0.4 is 4.74 Å². The Labute approximate surface area is 124 Å². The number of hydrogen-bond acceptors (Lipinski definition) is 3. The molecule has 1 heterocycles. The van der Waals surface area contributed by atoms with Gasteiger partial charge in [-0.3, -0.25) is 4.90 Å². The SMILES string of the molecule is COc1ccc(Br)c(CN2CC(C)C(N(C)C)C2)c1. The van der Waals surface area contributed by atoms with Crippen LogP contribution in [-0.4, -0.2) is 50.1 Å². The van der Waals surface area contributed by atoms with Crippen LogP contribution >= 0.6 is 15.9 Å². The summed E-state index contributed by atoms with van der Waals surface area (Å²) >= 11 is 3.63. The van der Waals surface area contributed by atoms with Gasteiger partial charge in [-0.2, -0.15) is 0 Å². The fourth-order valence-corrected chi connectivity index (χ4v) is 3.26. The summed E-state index contributed by atoms with van der Waals surface area (Å²) in [5, 5.41) is 0. The van der Waals surface area contributed by atoms with Gasteiger partial charge in [-0.15, -0.1) is 0 Å². The number of halogens is 1. The third kappa shape index (κ3) is 3.50. The van der Waals surface area contributed by atoms with E-state index in [1.54, 1.807) is 7.11 Å². The quantitative estimate of drug-likeness (QED) is 0.846. The molecule has 0 aliphatic carbocycles. The van der Waals surface area contributed by atoms with E-state index >= 15 is 0 Å². The Kier molecular flexibility index (Phi) is 4.87. The molecular weight excluding hydrogens is 304 g/mol. The molecule has 1 aliphatic heterocycles. The first-order chi connectivity index (χ1) is 9.01. The van der Waals surface area contributed by atoms with E-state index in [1.165, 1.54) is 5.56 Å². The number of likely N-dealkylation sites (tertiary alicyclic amines) is 1. The Morgan fingerprint density at radius 3 is 2.68 bits per heavy atom. The minimum Gasteiger partial charge on any atom is -0.497 e. The summed E-state index contributed by atoms with van der Waals surface area (Å²) in [6, 6.07) is 6.84. The summed E-state index contributed by atoms with van der Waals surface area (Å²) in [4.78, 5) is 4.86. The van der Waals surface area contributed by atoms with Crippen LogP contribution in [0.3, 0.4) is 0 Å². The Bertz CT molecular complexity index is 436. The van der Waals surface area contributed by atoms with E-state index in [4.69, 9.17) is 4.74 Å². The summed E-state index contributed by atoms with van der Waals surface area (Å²) in [7, 11) is 6.06. The molecule has 1 saturated heterocycles. The molecule has 4 heteroatoms. The number of benzene rings is 1. The van der Waals surface area contributed by atoms with Crippen molar-refractivity contribution in [3.05, 3.63) is 28.2 Å². The molecule has 0 spiro atoms. The van der Waals surface area contributed by atoms with Crippen LogP contribution in [0.4, 0.5) is 0 Å². The highest BCUT2D eigenvalue weighted by Gasteiger charge is 2.30. The molecule has 0 bridgehead atoms. The molecule has 0 amide bonds. The van der Waals surface area contributed by atoms with Gasteiger partial charge in [0, 0.05) is 30.1 Å². The molecule has 106 valence electrons. The number of hydrogen-bond donors (Lipinski definition) is 0. The van der Waals surface area contributed by atoms with Gasteiger partial charge in [0.25, 0.3) is 0 Å². The normalized spacial score (nSPS) is 24.1. The van der Waals surface area contributed by atoms with E-state index in [1.807, 2.05) is 6.07 Å². The first-order valence-corrected chi connectivity index (χ1v) is 7.51. The molecule has 2 atom stereocenters. The lowest BCUT2D eigenvalue weighted by molar-refractivity contribution is 0.250. The van der Waals surface area contributed by atoms with E-state index in [-0.39, 0.29) is 0 Å². The maximum atomic E-state index is 5.31. The number of nitrogens with zero attached hydrogens (tertiary/aromatic N) is 2. The van der Waals surface area contributed by atoms with Gasteiger partial charge in [-0.05, 0) is 43.8 Å². The van der Waals surface area contributed by atoms with Gasteiger partial charge in [0.15, 0.2) is 0 Å². The van der Waals surface area contributed by atoms with E-state index < -0.39 is 0 Å². The Morgan fingerprint density at radius 2 is 2.11 bits per heavy atom. The molecule has 1 aromatic rings. The Balaban J connectivity index is 2.06. The molecule has 0 radical (unpaired) electrons. The van der Waals surface area contributed by atoms with Crippen molar-refractivity contribution >= 4 is 15.9 Å². The molecule has 0 N–H and O–H groups in total. The zero-order chi connectivity index (χ0) is 14.0. The molecule has 0 saturated carbocycles. The van der Waals surface area contributed by atoms with Crippen molar-refractivity contribution in [3.8, 4) is 5.75 Å². The zero-order valence-electron chi connectivity index (χ0n) is 12.2. The molecule has 3 nitrogen and oxygen atoms in total. The Hall–Kier alpha value is -0.580. The van der Waals surface area contributed by atoms with E-state index in [0.29, 0.717) is 6.04 Å². The minimum absolute atomic E-state index is 0.657. The lowest BCUT2D eigenvalue weighted by Crippen LogP contribution is -2.34. The van der Waals surface area contributed by atoms with Crippen molar-refractivity contribution in [1.29, 1.82) is 0 Å². The maximum absolute atomic E-state index is 5.31.